The summed E-state index contributed by atoms with van der Waals surface area (Å²) in [5, 5.41) is 0. The Morgan fingerprint density at radius 1 is 0.778 bits per heavy atom. The van der Waals surface area contributed by atoms with E-state index in [0.29, 0.717) is 11.5 Å². The van der Waals surface area contributed by atoms with Crippen molar-refractivity contribution in [1.82, 2.24) is 0 Å². The standard InChI is InChI=1S/C14H16N2O2/c15-14(16,18-13-9-5-2-6-10-13)11-17-12-7-3-1-4-8-12/h1-10H,11,15-16H2. The Balaban J connectivity index is 1.91. The van der Waals surface area contributed by atoms with Gasteiger partial charge in [0.05, 0.1) is 0 Å². The van der Waals surface area contributed by atoms with E-state index in [1.165, 1.54) is 0 Å². The van der Waals surface area contributed by atoms with Crippen molar-refractivity contribution < 1.29 is 9.47 Å². The highest BCUT2D eigenvalue weighted by Gasteiger charge is 2.22. The van der Waals surface area contributed by atoms with Gasteiger partial charge in [0, 0.05) is 0 Å². The van der Waals surface area contributed by atoms with Crippen molar-refractivity contribution in [3.05, 3.63) is 60.7 Å². The average molecular weight is 244 g/mol. The van der Waals surface area contributed by atoms with E-state index in [4.69, 9.17) is 20.9 Å². The maximum Gasteiger partial charge on any atom is 0.247 e. The fourth-order valence-corrected chi connectivity index (χ4v) is 1.45. The molecular weight excluding hydrogens is 228 g/mol. The van der Waals surface area contributed by atoms with E-state index in [-0.39, 0.29) is 6.61 Å². The second-order valence-corrected chi connectivity index (χ2v) is 3.97. The number of hydrogen-bond donors (Lipinski definition) is 2. The summed E-state index contributed by atoms with van der Waals surface area (Å²) in [6.07, 6.45) is 0. The summed E-state index contributed by atoms with van der Waals surface area (Å²) in [5.74, 6) is -0.0504. The maximum atomic E-state index is 5.83. The first kappa shape index (κ1) is 12.4. The molecule has 0 unspecified atom stereocenters. The highest BCUT2D eigenvalue weighted by Crippen LogP contribution is 2.14. The molecule has 0 saturated heterocycles. The Hall–Kier alpha value is -2.04. The fourth-order valence-electron chi connectivity index (χ4n) is 1.45. The topological polar surface area (TPSA) is 70.5 Å². The lowest BCUT2D eigenvalue weighted by atomic mass is 10.3. The summed E-state index contributed by atoms with van der Waals surface area (Å²) < 4.78 is 10.9. The van der Waals surface area contributed by atoms with Crippen LogP contribution in [-0.2, 0) is 0 Å². The van der Waals surface area contributed by atoms with Crippen LogP contribution in [0.15, 0.2) is 60.7 Å². The Kier molecular flexibility index (Phi) is 3.82. The Bertz CT molecular complexity index is 472. The minimum Gasteiger partial charge on any atom is -0.486 e. The zero-order chi connectivity index (χ0) is 12.8. The number of hydrogen-bond acceptors (Lipinski definition) is 4. The van der Waals surface area contributed by atoms with Gasteiger partial charge in [0.2, 0.25) is 5.85 Å². The molecule has 0 aliphatic heterocycles. The molecule has 0 fully saturated rings. The third-order valence-electron chi connectivity index (χ3n) is 2.26. The van der Waals surface area contributed by atoms with Crippen molar-refractivity contribution in [1.29, 1.82) is 0 Å². The first-order chi connectivity index (χ1) is 8.66. The number of para-hydroxylation sites is 2. The van der Waals surface area contributed by atoms with Crippen molar-refractivity contribution >= 4 is 0 Å². The normalized spacial score (nSPS) is 11.0. The minimum atomic E-state index is -1.36. The number of ether oxygens (including phenoxy) is 2. The molecule has 4 heteroatoms. The largest absolute Gasteiger partial charge is 0.486 e. The summed E-state index contributed by atoms with van der Waals surface area (Å²) in [6, 6.07) is 18.5. The molecule has 94 valence electrons. The smallest absolute Gasteiger partial charge is 0.247 e. The zero-order valence-corrected chi connectivity index (χ0v) is 9.95. The van der Waals surface area contributed by atoms with Crippen LogP contribution in [0.4, 0.5) is 0 Å². The van der Waals surface area contributed by atoms with Crippen LogP contribution in [0.25, 0.3) is 0 Å². The summed E-state index contributed by atoms with van der Waals surface area (Å²) in [7, 11) is 0. The van der Waals surface area contributed by atoms with E-state index in [2.05, 4.69) is 0 Å². The van der Waals surface area contributed by atoms with Crippen molar-refractivity contribution in [3.63, 3.8) is 0 Å². The molecular formula is C14H16N2O2. The lowest BCUT2D eigenvalue weighted by molar-refractivity contribution is 0.0301. The van der Waals surface area contributed by atoms with Gasteiger partial charge in [0.15, 0.2) is 6.61 Å². The molecule has 4 N–H and O–H groups in total. The van der Waals surface area contributed by atoms with Gasteiger partial charge < -0.3 is 9.47 Å². The predicted octanol–water partition coefficient (Wildman–Crippen LogP) is 1.72. The number of rotatable bonds is 5. The SMILES string of the molecule is NC(N)(COc1ccccc1)Oc1ccccc1. The molecule has 18 heavy (non-hydrogen) atoms. The second kappa shape index (κ2) is 5.53. The number of benzene rings is 2. The summed E-state index contributed by atoms with van der Waals surface area (Å²) in [6.45, 7) is 0.0614. The highest BCUT2D eigenvalue weighted by molar-refractivity contribution is 5.22. The molecule has 0 spiro atoms. The van der Waals surface area contributed by atoms with Gasteiger partial charge in [0.25, 0.3) is 0 Å². The monoisotopic (exact) mass is 244 g/mol. The maximum absolute atomic E-state index is 5.83. The molecule has 0 amide bonds. The summed E-state index contributed by atoms with van der Waals surface area (Å²) in [5.41, 5.74) is 11.7. The molecule has 2 aromatic carbocycles. The van der Waals surface area contributed by atoms with Crippen molar-refractivity contribution in [2.75, 3.05) is 6.61 Å². The van der Waals surface area contributed by atoms with Crippen LogP contribution < -0.4 is 20.9 Å². The van der Waals surface area contributed by atoms with E-state index in [0.717, 1.165) is 0 Å². The van der Waals surface area contributed by atoms with Crippen LogP contribution in [0.5, 0.6) is 11.5 Å². The first-order valence-corrected chi connectivity index (χ1v) is 5.65. The second-order valence-electron chi connectivity index (χ2n) is 3.97. The van der Waals surface area contributed by atoms with Crippen molar-refractivity contribution in [2.24, 2.45) is 11.5 Å². The first-order valence-electron chi connectivity index (χ1n) is 5.65. The Labute approximate surface area is 106 Å². The van der Waals surface area contributed by atoms with Gasteiger partial charge in [-0.25, -0.2) is 0 Å². The van der Waals surface area contributed by atoms with Gasteiger partial charge in [0.1, 0.15) is 11.5 Å². The van der Waals surface area contributed by atoms with Gasteiger partial charge >= 0.3 is 0 Å². The molecule has 4 nitrogen and oxygen atoms in total. The minimum absolute atomic E-state index is 0.0614. The van der Waals surface area contributed by atoms with Crippen LogP contribution in [0.2, 0.25) is 0 Å². The lowest BCUT2D eigenvalue weighted by Gasteiger charge is -2.25. The molecule has 0 aromatic heterocycles. The zero-order valence-electron chi connectivity index (χ0n) is 9.95. The van der Waals surface area contributed by atoms with Crippen LogP contribution >= 0.6 is 0 Å². The Morgan fingerprint density at radius 2 is 1.28 bits per heavy atom. The third kappa shape index (κ3) is 3.76. The summed E-state index contributed by atoms with van der Waals surface area (Å²) >= 11 is 0. The van der Waals surface area contributed by atoms with Gasteiger partial charge in [-0.05, 0) is 24.3 Å². The predicted molar refractivity (Wildman–Crippen MR) is 70.1 cm³/mol. The quantitative estimate of drug-likeness (QED) is 0.786. The lowest BCUT2D eigenvalue weighted by Crippen LogP contribution is -2.59. The van der Waals surface area contributed by atoms with Gasteiger partial charge in [-0.2, -0.15) is 0 Å². The molecule has 0 aliphatic carbocycles. The summed E-state index contributed by atoms with van der Waals surface area (Å²) in [4.78, 5) is 0. The van der Waals surface area contributed by atoms with E-state index >= 15 is 0 Å². The molecule has 0 radical (unpaired) electrons. The third-order valence-corrected chi connectivity index (χ3v) is 2.26. The molecule has 0 saturated carbocycles. The molecule has 0 atom stereocenters. The Morgan fingerprint density at radius 3 is 1.83 bits per heavy atom. The van der Waals surface area contributed by atoms with Crippen molar-refractivity contribution in [2.45, 2.75) is 5.85 Å². The van der Waals surface area contributed by atoms with E-state index in [1.54, 1.807) is 12.1 Å². The molecule has 2 rings (SSSR count). The van der Waals surface area contributed by atoms with Crippen LogP contribution in [0.3, 0.4) is 0 Å². The van der Waals surface area contributed by atoms with E-state index in [9.17, 15) is 0 Å². The van der Waals surface area contributed by atoms with E-state index < -0.39 is 5.85 Å². The van der Waals surface area contributed by atoms with Crippen LogP contribution in [0, 0.1) is 0 Å². The molecule has 0 heterocycles. The van der Waals surface area contributed by atoms with Crippen LogP contribution in [0.1, 0.15) is 0 Å². The fraction of sp³-hybridized carbons (Fsp3) is 0.143. The van der Waals surface area contributed by atoms with Gasteiger partial charge in [-0.3, -0.25) is 11.5 Å². The molecule has 0 aliphatic rings. The highest BCUT2D eigenvalue weighted by atomic mass is 16.6. The molecule has 2 aromatic rings. The van der Waals surface area contributed by atoms with Crippen LogP contribution in [-0.4, -0.2) is 12.5 Å². The van der Waals surface area contributed by atoms with E-state index in [1.807, 2.05) is 48.5 Å². The van der Waals surface area contributed by atoms with Crippen molar-refractivity contribution in [3.8, 4) is 11.5 Å². The number of nitrogens with two attached hydrogens (primary N) is 2. The molecule has 0 bridgehead atoms. The van der Waals surface area contributed by atoms with Gasteiger partial charge in [-0.1, -0.05) is 36.4 Å². The average Bonchev–Trinajstić information content (AvgIpc) is 2.38. The van der Waals surface area contributed by atoms with Gasteiger partial charge in [-0.15, -0.1) is 0 Å².